The van der Waals surface area contributed by atoms with Gasteiger partial charge in [0.2, 0.25) is 5.91 Å². The number of carbonyl (C=O) groups excluding carboxylic acids is 2. The van der Waals surface area contributed by atoms with Crippen LogP contribution in [0.2, 0.25) is 0 Å². The maximum Gasteiger partial charge on any atom is 0.317 e. The van der Waals surface area contributed by atoms with Crippen molar-refractivity contribution in [1.29, 1.82) is 0 Å². The Morgan fingerprint density at radius 3 is 2.60 bits per heavy atom. The number of carbonyl (C=O) groups is 2. The van der Waals surface area contributed by atoms with Crippen molar-refractivity contribution in [3.05, 3.63) is 66.0 Å². The van der Waals surface area contributed by atoms with Crippen LogP contribution in [0.3, 0.4) is 0 Å². The van der Waals surface area contributed by atoms with Gasteiger partial charge in [-0.3, -0.25) is 4.79 Å². The van der Waals surface area contributed by atoms with Crippen molar-refractivity contribution in [2.75, 3.05) is 31.6 Å². The van der Waals surface area contributed by atoms with Gasteiger partial charge in [-0.1, -0.05) is 36.4 Å². The number of likely N-dealkylation sites (tertiary alicyclic amines) is 1. The number of rotatable bonds is 4. The van der Waals surface area contributed by atoms with Gasteiger partial charge in [0.1, 0.15) is 5.82 Å². The Hall–Kier alpha value is -2.93. The van der Waals surface area contributed by atoms with E-state index in [1.165, 1.54) is 12.1 Å². The number of anilines is 1. The van der Waals surface area contributed by atoms with Crippen molar-refractivity contribution in [2.45, 2.75) is 19.4 Å². The number of hydrogen-bond acceptors (Lipinski definition) is 3. The molecular formula is C23H26FN3O3. The summed E-state index contributed by atoms with van der Waals surface area (Å²) in [6, 6.07) is 15.4. The molecule has 4 rings (SSSR count). The van der Waals surface area contributed by atoms with Crippen LogP contribution in [-0.4, -0.2) is 43.1 Å². The van der Waals surface area contributed by atoms with Crippen LogP contribution < -0.4 is 10.6 Å². The lowest BCUT2D eigenvalue weighted by Gasteiger charge is -2.37. The number of urea groups is 1. The molecule has 1 spiro atoms. The minimum Gasteiger partial charge on any atom is -0.381 e. The van der Waals surface area contributed by atoms with Gasteiger partial charge in [0.25, 0.3) is 0 Å². The fourth-order valence-electron chi connectivity index (χ4n) is 4.45. The molecule has 2 N–H and O–H groups in total. The monoisotopic (exact) mass is 411 g/mol. The van der Waals surface area contributed by atoms with E-state index in [9.17, 15) is 14.0 Å². The molecule has 2 aliphatic rings. The van der Waals surface area contributed by atoms with Crippen molar-refractivity contribution < 1.29 is 18.7 Å². The first kappa shape index (κ1) is 20.3. The standard InChI is InChI=1S/C23H26FN3O3/c24-18-7-4-8-19(13-18)26-21(28)20-15-27(16-23(20)9-11-30-12-10-23)22(29)25-14-17-5-2-1-3-6-17/h1-8,13,20H,9-12,14-16H2,(H,25,29)(H,26,28)/t20-/m1/s1. The molecule has 0 unspecified atom stereocenters. The van der Waals surface area contributed by atoms with E-state index in [4.69, 9.17) is 4.74 Å². The first-order chi connectivity index (χ1) is 14.6. The Labute approximate surface area is 175 Å². The van der Waals surface area contributed by atoms with Gasteiger partial charge in [0.05, 0.1) is 5.92 Å². The average Bonchev–Trinajstić information content (AvgIpc) is 3.12. The highest BCUT2D eigenvalue weighted by Crippen LogP contribution is 2.44. The summed E-state index contributed by atoms with van der Waals surface area (Å²) in [6.07, 6.45) is 1.44. The molecular weight excluding hydrogens is 385 g/mol. The highest BCUT2D eigenvalue weighted by molar-refractivity contribution is 5.94. The minimum atomic E-state index is -0.401. The lowest BCUT2D eigenvalue weighted by atomic mass is 9.71. The number of hydrogen-bond donors (Lipinski definition) is 2. The number of halogens is 1. The van der Waals surface area contributed by atoms with Crippen LogP contribution in [0, 0.1) is 17.2 Å². The van der Waals surface area contributed by atoms with Crippen LogP contribution in [0.4, 0.5) is 14.9 Å². The van der Waals surface area contributed by atoms with Crippen LogP contribution in [0.15, 0.2) is 54.6 Å². The lowest BCUT2D eigenvalue weighted by Crippen LogP contribution is -2.42. The number of nitrogens with zero attached hydrogens (tertiary/aromatic N) is 1. The zero-order valence-corrected chi connectivity index (χ0v) is 16.8. The fourth-order valence-corrected chi connectivity index (χ4v) is 4.45. The van der Waals surface area contributed by atoms with Crippen LogP contribution in [-0.2, 0) is 16.1 Å². The van der Waals surface area contributed by atoms with E-state index in [1.807, 2.05) is 30.3 Å². The van der Waals surface area contributed by atoms with Gasteiger partial charge < -0.3 is 20.3 Å². The zero-order chi connectivity index (χ0) is 21.0. The summed E-state index contributed by atoms with van der Waals surface area (Å²) < 4.78 is 19.0. The van der Waals surface area contributed by atoms with Gasteiger partial charge in [0.15, 0.2) is 0 Å². The molecule has 0 bridgehead atoms. The normalized spacial score (nSPS) is 20.2. The molecule has 158 valence electrons. The van der Waals surface area contributed by atoms with E-state index in [0.717, 1.165) is 18.4 Å². The third-order valence-electron chi connectivity index (χ3n) is 6.12. The van der Waals surface area contributed by atoms with E-state index in [0.29, 0.717) is 38.5 Å². The Morgan fingerprint density at radius 2 is 1.87 bits per heavy atom. The molecule has 2 aliphatic heterocycles. The van der Waals surface area contributed by atoms with E-state index >= 15 is 0 Å². The smallest absolute Gasteiger partial charge is 0.317 e. The molecule has 2 aromatic carbocycles. The zero-order valence-electron chi connectivity index (χ0n) is 16.8. The van der Waals surface area contributed by atoms with Crippen molar-refractivity contribution in [3.63, 3.8) is 0 Å². The quantitative estimate of drug-likeness (QED) is 0.810. The second-order valence-electron chi connectivity index (χ2n) is 8.05. The molecule has 2 fully saturated rings. The Balaban J connectivity index is 1.46. The molecule has 2 aromatic rings. The van der Waals surface area contributed by atoms with Gasteiger partial charge in [-0.25, -0.2) is 9.18 Å². The summed E-state index contributed by atoms with van der Waals surface area (Å²) in [4.78, 5) is 27.7. The van der Waals surface area contributed by atoms with E-state index in [2.05, 4.69) is 10.6 Å². The van der Waals surface area contributed by atoms with Gasteiger partial charge >= 0.3 is 6.03 Å². The van der Waals surface area contributed by atoms with Crippen molar-refractivity contribution in [3.8, 4) is 0 Å². The predicted octanol–water partition coefficient (Wildman–Crippen LogP) is 3.40. The Kier molecular flexibility index (Phi) is 5.99. The summed E-state index contributed by atoms with van der Waals surface area (Å²) in [7, 11) is 0. The van der Waals surface area contributed by atoms with E-state index in [-0.39, 0.29) is 23.3 Å². The van der Waals surface area contributed by atoms with Crippen molar-refractivity contribution in [1.82, 2.24) is 10.2 Å². The highest BCUT2D eigenvalue weighted by atomic mass is 19.1. The molecule has 6 nitrogen and oxygen atoms in total. The van der Waals surface area contributed by atoms with Gasteiger partial charge in [-0.15, -0.1) is 0 Å². The number of amides is 3. The molecule has 2 heterocycles. The second kappa shape index (κ2) is 8.83. The van der Waals surface area contributed by atoms with Gasteiger partial charge in [-0.2, -0.15) is 0 Å². The molecule has 1 atom stereocenters. The molecule has 30 heavy (non-hydrogen) atoms. The molecule has 0 aromatic heterocycles. The molecule has 7 heteroatoms. The second-order valence-corrected chi connectivity index (χ2v) is 8.05. The maximum absolute atomic E-state index is 13.5. The molecule has 0 radical (unpaired) electrons. The minimum absolute atomic E-state index is 0.175. The number of benzene rings is 2. The van der Waals surface area contributed by atoms with Crippen LogP contribution in [0.1, 0.15) is 18.4 Å². The third kappa shape index (κ3) is 4.46. The third-order valence-corrected chi connectivity index (χ3v) is 6.12. The SMILES string of the molecule is O=C(Nc1cccc(F)c1)[C@H]1CN(C(=O)NCc2ccccc2)CC12CCOCC2. The van der Waals surface area contributed by atoms with Gasteiger partial charge in [0, 0.05) is 44.0 Å². The Bertz CT molecular complexity index is 900. The predicted molar refractivity (Wildman–Crippen MR) is 111 cm³/mol. The number of ether oxygens (including phenoxy) is 1. The maximum atomic E-state index is 13.5. The summed E-state index contributed by atoms with van der Waals surface area (Å²) in [5.41, 5.74) is 1.13. The first-order valence-corrected chi connectivity index (χ1v) is 10.3. The summed E-state index contributed by atoms with van der Waals surface area (Å²) in [6.45, 7) is 2.43. The first-order valence-electron chi connectivity index (χ1n) is 10.3. The molecule has 3 amide bonds. The largest absolute Gasteiger partial charge is 0.381 e. The van der Waals surface area contributed by atoms with Gasteiger partial charge in [-0.05, 0) is 36.6 Å². The van der Waals surface area contributed by atoms with Crippen LogP contribution in [0.5, 0.6) is 0 Å². The molecule has 0 aliphatic carbocycles. The molecule has 2 saturated heterocycles. The summed E-state index contributed by atoms with van der Waals surface area (Å²) in [5.74, 6) is -0.949. The van der Waals surface area contributed by atoms with Crippen molar-refractivity contribution >= 4 is 17.6 Å². The van der Waals surface area contributed by atoms with Crippen LogP contribution in [0.25, 0.3) is 0 Å². The van der Waals surface area contributed by atoms with Crippen LogP contribution >= 0.6 is 0 Å². The average molecular weight is 411 g/mol. The highest BCUT2D eigenvalue weighted by Gasteiger charge is 2.51. The topological polar surface area (TPSA) is 70.7 Å². The van der Waals surface area contributed by atoms with E-state index < -0.39 is 5.82 Å². The summed E-state index contributed by atoms with van der Waals surface area (Å²) in [5, 5.41) is 5.79. The Morgan fingerprint density at radius 1 is 1.10 bits per heavy atom. The number of nitrogens with one attached hydrogen (secondary N) is 2. The van der Waals surface area contributed by atoms with E-state index in [1.54, 1.807) is 17.0 Å². The summed E-state index contributed by atoms with van der Waals surface area (Å²) >= 11 is 0. The van der Waals surface area contributed by atoms with Crippen molar-refractivity contribution in [2.24, 2.45) is 11.3 Å². The molecule has 0 saturated carbocycles. The lowest BCUT2D eigenvalue weighted by molar-refractivity contribution is -0.124. The fraction of sp³-hybridized carbons (Fsp3) is 0.391.